The van der Waals surface area contributed by atoms with E-state index in [1.54, 1.807) is 7.11 Å². The number of hydrogen-bond acceptors (Lipinski definition) is 4. The first kappa shape index (κ1) is 16.4. The summed E-state index contributed by atoms with van der Waals surface area (Å²) < 4.78 is 5.32. The molecule has 0 bridgehead atoms. The minimum Gasteiger partial charge on any atom is -0.395 e. The van der Waals surface area contributed by atoms with Gasteiger partial charge in [0.25, 0.3) is 0 Å². The molecular weight excluding hydrogens is 244 g/mol. The Kier molecular flexibility index (Phi) is 8.02. The normalized spacial score (nSPS) is 23.7. The number of amides is 1. The highest BCUT2D eigenvalue weighted by atomic mass is 16.5. The Labute approximate surface area is 116 Å². The molecule has 1 aliphatic rings. The number of carbonyl (C=O) groups is 1. The van der Waals surface area contributed by atoms with Crippen molar-refractivity contribution < 1.29 is 14.6 Å². The number of likely N-dealkylation sites (tertiary alicyclic amines) is 1. The van der Waals surface area contributed by atoms with Gasteiger partial charge in [-0.3, -0.25) is 9.69 Å². The van der Waals surface area contributed by atoms with Crippen LogP contribution in [0.2, 0.25) is 0 Å². The van der Waals surface area contributed by atoms with Crippen molar-refractivity contribution in [3.05, 3.63) is 0 Å². The van der Waals surface area contributed by atoms with Gasteiger partial charge in [0.2, 0.25) is 5.91 Å². The predicted molar refractivity (Wildman–Crippen MR) is 75.0 cm³/mol. The molecule has 1 aliphatic heterocycles. The van der Waals surface area contributed by atoms with Crippen molar-refractivity contribution >= 4 is 5.91 Å². The number of nitrogens with zero attached hydrogens (tertiary/aromatic N) is 1. The molecule has 0 radical (unpaired) electrons. The first-order chi connectivity index (χ1) is 9.22. The number of hydrogen-bond donors (Lipinski definition) is 2. The van der Waals surface area contributed by atoms with E-state index in [9.17, 15) is 4.79 Å². The van der Waals surface area contributed by atoms with E-state index >= 15 is 0 Å². The smallest absolute Gasteiger partial charge is 0.237 e. The van der Waals surface area contributed by atoms with Crippen molar-refractivity contribution in [3.8, 4) is 0 Å². The highest BCUT2D eigenvalue weighted by molar-refractivity contribution is 5.82. The number of nitrogens with one attached hydrogen (secondary N) is 1. The number of ether oxygens (including phenoxy) is 1. The van der Waals surface area contributed by atoms with Gasteiger partial charge >= 0.3 is 0 Å². The second kappa shape index (κ2) is 9.28. The van der Waals surface area contributed by atoms with Crippen LogP contribution in [0.5, 0.6) is 0 Å². The monoisotopic (exact) mass is 272 g/mol. The third kappa shape index (κ3) is 5.47. The molecular formula is C14H28N2O3. The molecule has 19 heavy (non-hydrogen) atoms. The van der Waals surface area contributed by atoms with E-state index in [1.165, 1.54) is 19.3 Å². The van der Waals surface area contributed by atoms with Gasteiger partial charge in [-0.25, -0.2) is 0 Å². The van der Waals surface area contributed by atoms with Crippen molar-refractivity contribution in [1.82, 2.24) is 10.2 Å². The molecule has 5 heteroatoms. The van der Waals surface area contributed by atoms with Crippen LogP contribution in [0.3, 0.4) is 0 Å². The molecule has 1 fully saturated rings. The maximum absolute atomic E-state index is 12.1. The number of rotatable bonds is 9. The summed E-state index contributed by atoms with van der Waals surface area (Å²) >= 11 is 0. The molecule has 0 spiro atoms. The number of carbonyl (C=O) groups excluding carboxylic acids is 1. The van der Waals surface area contributed by atoms with Crippen LogP contribution in [0.1, 0.15) is 39.0 Å². The highest BCUT2D eigenvalue weighted by Crippen LogP contribution is 2.19. The largest absolute Gasteiger partial charge is 0.395 e. The molecule has 0 aromatic rings. The van der Waals surface area contributed by atoms with Crippen LogP contribution in [0.4, 0.5) is 0 Å². The van der Waals surface area contributed by atoms with Gasteiger partial charge in [-0.15, -0.1) is 0 Å². The average Bonchev–Trinajstić information content (AvgIpc) is 2.82. The maximum atomic E-state index is 12.1. The van der Waals surface area contributed by atoms with Gasteiger partial charge in [0.05, 0.1) is 18.8 Å². The van der Waals surface area contributed by atoms with Crippen molar-refractivity contribution in [2.75, 3.05) is 33.4 Å². The molecule has 112 valence electrons. The first-order valence-corrected chi connectivity index (χ1v) is 7.38. The van der Waals surface area contributed by atoms with Crippen LogP contribution in [-0.4, -0.2) is 61.4 Å². The number of aliphatic hydroxyl groups excluding tert-OH is 1. The molecule has 1 rings (SSSR count). The van der Waals surface area contributed by atoms with Crippen LogP contribution in [-0.2, 0) is 9.53 Å². The van der Waals surface area contributed by atoms with Crippen LogP contribution in [0.25, 0.3) is 0 Å². The van der Waals surface area contributed by atoms with E-state index in [1.807, 2.05) is 4.90 Å². The van der Waals surface area contributed by atoms with Crippen molar-refractivity contribution in [1.29, 1.82) is 0 Å². The maximum Gasteiger partial charge on any atom is 0.237 e. The molecule has 1 amide bonds. The Morgan fingerprint density at radius 3 is 2.84 bits per heavy atom. The Hall–Kier alpha value is -0.650. The standard InChI is InChI=1S/C14H28N2O3/c1-3-4-5-6-7-15-14(18)13-10-12(19-2)11-16(13)8-9-17/h12-13,17H,3-11H2,1-2H3,(H,15,18). The molecule has 0 aliphatic carbocycles. The fourth-order valence-corrected chi connectivity index (χ4v) is 2.56. The Balaban J connectivity index is 2.32. The second-order valence-corrected chi connectivity index (χ2v) is 5.18. The quantitative estimate of drug-likeness (QED) is 0.609. The number of methoxy groups -OCH3 is 1. The molecule has 0 aromatic carbocycles. The third-order valence-corrected chi connectivity index (χ3v) is 3.72. The molecule has 1 heterocycles. The Morgan fingerprint density at radius 2 is 2.21 bits per heavy atom. The average molecular weight is 272 g/mol. The van der Waals surface area contributed by atoms with E-state index in [0.29, 0.717) is 6.54 Å². The summed E-state index contributed by atoms with van der Waals surface area (Å²) in [5, 5.41) is 12.0. The van der Waals surface area contributed by atoms with Gasteiger partial charge in [0, 0.05) is 26.7 Å². The van der Waals surface area contributed by atoms with E-state index in [2.05, 4.69) is 12.2 Å². The zero-order chi connectivity index (χ0) is 14.1. The molecule has 0 aromatic heterocycles. The molecule has 2 unspecified atom stereocenters. The SMILES string of the molecule is CCCCCCNC(=O)C1CC(OC)CN1CCO. The van der Waals surface area contributed by atoms with Crippen LogP contribution in [0.15, 0.2) is 0 Å². The summed E-state index contributed by atoms with van der Waals surface area (Å²) in [6.45, 7) is 4.27. The van der Waals surface area contributed by atoms with E-state index in [4.69, 9.17) is 9.84 Å². The topological polar surface area (TPSA) is 61.8 Å². The lowest BCUT2D eigenvalue weighted by Crippen LogP contribution is -2.44. The molecule has 2 atom stereocenters. The highest BCUT2D eigenvalue weighted by Gasteiger charge is 2.36. The Morgan fingerprint density at radius 1 is 1.42 bits per heavy atom. The molecule has 1 saturated heterocycles. The first-order valence-electron chi connectivity index (χ1n) is 7.38. The fourth-order valence-electron chi connectivity index (χ4n) is 2.56. The predicted octanol–water partition coefficient (Wildman–Crippen LogP) is 0.765. The molecule has 5 nitrogen and oxygen atoms in total. The zero-order valence-electron chi connectivity index (χ0n) is 12.2. The Bertz CT molecular complexity index is 261. The molecule has 0 saturated carbocycles. The number of unbranched alkanes of at least 4 members (excludes halogenated alkanes) is 3. The van der Waals surface area contributed by atoms with Gasteiger partial charge in [-0.2, -0.15) is 0 Å². The zero-order valence-corrected chi connectivity index (χ0v) is 12.2. The van der Waals surface area contributed by atoms with Crippen LogP contribution < -0.4 is 5.32 Å². The summed E-state index contributed by atoms with van der Waals surface area (Å²) in [6, 6.07) is -0.150. The van der Waals surface area contributed by atoms with E-state index < -0.39 is 0 Å². The number of β-amino-alcohol motifs (C(OH)–C–C–N with tert-alkyl or cyclic N) is 1. The third-order valence-electron chi connectivity index (χ3n) is 3.72. The lowest BCUT2D eigenvalue weighted by molar-refractivity contribution is -0.125. The summed E-state index contributed by atoms with van der Waals surface area (Å²) in [4.78, 5) is 14.1. The molecule has 2 N–H and O–H groups in total. The number of aliphatic hydroxyl groups is 1. The van der Waals surface area contributed by atoms with Crippen LogP contribution in [0, 0.1) is 0 Å². The summed E-state index contributed by atoms with van der Waals surface area (Å²) in [5.41, 5.74) is 0. The summed E-state index contributed by atoms with van der Waals surface area (Å²) in [5.74, 6) is 0.0736. The van der Waals surface area contributed by atoms with Crippen molar-refractivity contribution in [3.63, 3.8) is 0 Å². The lowest BCUT2D eigenvalue weighted by Gasteiger charge is -2.22. The minimum absolute atomic E-state index is 0.0736. The lowest BCUT2D eigenvalue weighted by atomic mass is 10.1. The van der Waals surface area contributed by atoms with E-state index in [0.717, 1.165) is 25.9 Å². The fraction of sp³-hybridized carbons (Fsp3) is 0.929. The second-order valence-electron chi connectivity index (χ2n) is 5.18. The van der Waals surface area contributed by atoms with Gasteiger partial charge in [-0.1, -0.05) is 26.2 Å². The van der Waals surface area contributed by atoms with E-state index in [-0.39, 0.29) is 24.7 Å². The van der Waals surface area contributed by atoms with Gasteiger partial charge in [-0.05, 0) is 12.8 Å². The summed E-state index contributed by atoms with van der Waals surface area (Å²) in [6.07, 6.45) is 5.46. The van der Waals surface area contributed by atoms with Crippen molar-refractivity contribution in [2.24, 2.45) is 0 Å². The van der Waals surface area contributed by atoms with Crippen LogP contribution >= 0.6 is 0 Å². The summed E-state index contributed by atoms with van der Waals surface area (Å²) in [7, 11) is 1.67. The van der Waals surface area contributed by atoms with Gasteiger partial charge in [0.15, 0.2) is 0 Å². The van der Waals surface area contributed by atoms with Crippen molar-refractivity contribution in [2.45, 2.75) is 51.2 Å². The minimum atomic E-state index is -0.150. The van der Waals surface area contributed by atoms with Gasteiger partial charge in [0.1, 0.15) is 0 Å². The van der Waals surface area contributed by atoms with Gasteiger partial charge < -0.3 is 15.2 Å².